The Balaban J connectivity index is 2.35. The number of nitrogens with one attached hydrogen (secondary N) is 1. The fraction of sp³-hybridized carbons (Fsp3) is 0.200. The highest BCUT2D eigenvalue weighted by atomic mass is 32.2. The van der Waals surface area contributed by atoms with Gasteiger partial charge in [0.05, 0.1) is 4.90 Å². The molecule has 0 aliphatic carbocycles. The molecule has 0 fully saturated rings. The molecule has 124 valence electrons. The van der Waals surface area contributed by atoms with Crippen LogP contribution in [-0.4, -0.2) is 20.1 Å². The molecule has 0 heterocycles. The van der Waals surface area contributed by atoms with Gasteiger partial charge in [-0.3, -0.25) is 0 Å². The van der Waals surface area contributed by atoms with Gasteiger partial charge in [0.15, 0.2) is 17.5 Å². The number of sulfonamides is 1. The Bertz CT molecular complexity index is 759. The average molecular weight is 345 g/mol. The van der Waals surface area contributed by atoms with Gasteiger partial charge in [-0.2, -0.15) is 0 Å². The highest BCUT2D eigenvalue weighted by Crippen LogP contribution is 2.22. The van der Waals surface area contributed by atoms with E-state index in [0.29, 0.717) is 17.7 Å². The van der Waals surface area contributed by atoms with Crippen LogP contribution in [0.3, 0.4) is 0 Å². The molecule has 2 aromatic rings. The maximum atomic E-state index is 13.2. The summed E-state index contributed by atoms with van der Waals surface area (Å²) in [6, 6.07) is 8.42. The van der Waals surface area contributed by atoms with E-state index >= 15 is 0 Å². The number of hydrogen-bond donors (Lipinski definition) is 2. The van der Waals surface area contributed by atoms with Crippen LogP contribution in [0.4, 0.5) is 13.2 Å². The molecular formula is C15H14F3NO3S. The summed E-state index contributed by atoms with van der Waals surface area (Å²) >= 11 is 0. The zero-order valence-electron chi connectivity index (χ0n) is 11.8. The second-order valence-electron chi connectivity index (χ2n) is 4.80. The van der Waals surface area contributed by atoms with Crippen LogP contribution >= 0.6 is 0 Å². The molecule has 1 atom stereocenters. The summed E-state index contributed by atoms with van der Waals surface area (Å²) in [6.45, 7) is -0.297. The first kappa shape index (κ1) is 17.5. The van der Waals surface area contributed by atoms with Crippen LogP contribution in [0.25, 0.3) is 0 Å². The Labute approximate surface area is 131 Å². The van der Waals surface area contributed by atoms with E-state index in [0.717, 1.165) is 0 Å². The van der Waals surface area contributed by atoms with Crippen molar-refractivity contribution >= 4 is 10.0 Å². The molecule has 0 aliphatic rings. The Morgan fingerprint density at radius 1 is 1.04 bits per heavy atom. The van der Waals surface area contributed by atoms with E-state index < -0.39 is 38.4 Å². The second kappa shape index (κ2) is 7.12. The molecule has 23 heavy (non-hydrogen) atoms. The summed E-state index contributed by atoms with van der Waals surface area (Å²) in [7, 11) is -4.30. The van der Waals surface area contributed by atoms with Gasteiger partial charge in [0.25, 0.3) is 0 Å². The minimum atomic E-state index is -4.30. The van der Waals surface area contributed by atoms with Gasteiger partial charge in [0.1, 0.15) is 0 Å². The lowest BCUT2D eigenvalue weighted by Crippen LogP contribution is -2.29. The first-order chi connectivity index (χ1) is 10.8. The Morgan fingerprint density at radius 2 is 1.61 bits per heavy atom. The zero-order valence-corrected chi connectivity index (χ0v) is 12.7. The SMILES string of the molecule is O=S(=O)(N[C@H](CCO)c1ccccc1)c1cc(F)c(F)c(F)c1. The smallest absolute Gasteiger partial charge is 0.241 e. The van der Waals surface area contributed by atoms with Crippen LogP contribution in [0.5, 0.6) is 0 Å². The van der Waals surface area contributed by atoms with Gasteiger partial charge >= 0.3 is 0 Å². The zero-order chi connectivity index (χ0) is 17.0. The fourth-order valence-electron chi connectivity index (χ4n) is 2.05. The van der Waals surface area contributed by atoms with Gasteiger partial charge in [-0.25, -0.2) is 26.3 Å². The van der Waals surface area contributed by atoms with Crippen LogP contribution in [0.15, 0.2) is 47.4 Å². The van der Waals surface area contributed by atoms with Crippen LogP contribution in [0.2, 0.25) is 0 Å². The Morgan fingerprint density at radius 3 is 2.13 bits per heavy atom. The van der Waals surface area contributed by atoms with Crippen molar-refractivity contribution in [3.05, 3.63) is 65.5 Å². The van der Waals surface area contributed by atoms with Crippen molar-refractivity contribution in [2.75, 3.05) is 6.61 Å². The van der Waals surface area contributed by atoms with Crippen LogP contribution in [-0.2, 0) is 10.0 Å². The molecule has 0 saturated heterocycles. The summed E-state index contributed by atoms with van der Waals surface area (Å²) in [5.41, 5.74) is 0.577. The molecule has 0 bridgehead atoms. The van der Waals surface area contributed by atoms with E-state index in [1.165, 1.54) is 0 Å². The lowest BCUT2D eigenvalue weighted by molar-refractivity contribution is 0.272. The largest absolute Gasteiger partial charge is 0.396 e. The third-order valence-corrected chi connectivity index (χ3v) is 4.64. The maximum Gasteiger partial charge on any atom is 0.241 e. The van der Waals surface area contributed by atoms with Crippen LogP contribution in [0.1, 0.15) is 18.0 Å². The lowest BCUT2D eigenvalue weighted by Gasteiger charge is -2.18. The third-order valence-electron chi connectivity index (χ3n) is 3.18. The molecule has 0 aliphatic heterocycles. The van der Waals surface area contributed by atoms with Gasteiger partial charge in [0.2, 0.25) is 10.0 Å². The number of hydrogen-bond acceptors (Lipinski definition) is 3. The summed E-state index contributed by atoms with van der Waals surface area (Å²) in [5, 5.41) is 9.09. The van der Waals surface area contributed by atoms with Gasteiger partial charge in [-0.15, -0.1) is 0 Å². The average Bonchev–Trinajstić information content (AvgIpc) is 2.52. The summed E-state index contributed by atoms with van der Waals surface area (Å²) in [4.78, 5) is -0.729. The number of aliphatic hydroxyl groups excluding tert-OH is 1. The van der Waals surface area contributed by atoms with E-state index in [-0.39, 0.29) is 13.0 Å². The van der Waals surface area contributed by atoms with Gasteiger partial charge in [-0.1, -0.05) is 30.3 Å². The van der Waals surface area contributed by atoms with Gasteiger partial charge in [-0.05, 0) is 24.1 Å². The van der Waals surface area contributed by atoms with Crippen molar-refractivity contribution in [2.45, 2.75) is 17.4 Å². The molecule has 0 unspecified atom stereocenters. The van der Waals surface area contributed by atoms with E-state index in [4.69, 9.17) is 5.11 Å². The summed E-state index contributed by atoms with van der Waals surface area (Å²) in [6.07, 6.45) is 0.0649. The van der Waals surface area contributed by atoms with Crippen molar-refractivity contribution in [3.8, 4) is 0 Å². The monoisotopic (exact) mass is 345 g/mol. The van der Waals surface area contributed by atoms with Crippen molar-refractivity contribution < 1.29 is 26.7 Å². The molecular weight excluding hydrogens is 331 g/mol. The van der Waals surface area contributed by atoms with Gasteiger partial charge in [0, 0.05) is 12.6 Å². The van der Waals surface area contributed by atoms with Crippen LogP contribution in [0, 0.1) is 17.5 Å². The summed E-state index contributed by atoms with van der Waals surface area (Å²) < 4.78 is 66.2. The van der Waals surface area contributed by atoms with E-state index in [1.807, 2.05) is 0 Å². The van der Waals surface area contributed by atoms with Crippen LogP contribution < -0.4 is 4.72 Å². The quantitative estimate of drug-likeness (QED) is 0.791. The lowest BCUT2D eigenvalue weighted by atomic mass is 10.1. The Hall–Kier alpha value is -1.90. The minimum Gasteiger partial charge on any atom is -0.396 e. The molecule has 4 nitrogen and oxygen atoms in total. The number of halogens is 3. The number of rotatable bonds is 6. The molecule has 8 heteroatoms. The predicted octanol–water partition coefficient (Wildman–Crippen LogP) is 2.51. The first-order valence-electron chi connectivity index (χ1n) is 6.68. The minimum absolute atomic E-state index is 0.0649. The third kappa shape index (κ3) is 4.10. The van der Waals surface area contributed by atoms with Crippen molar-refractivity contribution in [3.63, 3.8) is 0 Å². The first-order valence-corrected chi connectivity index (χ1v) is 8.16. The van der Waals surface area contributed by atoms with Crippen molar-refractivity contribution in [1.82, 2.24) is 4.72 Å². The van der Waals surface area contributed by atoms with E-state index in [2.05, 4.69) is 4.72 Å². The summed E-state index contributed by atoms with van der Waals surface area (Å²) in [5.74, 6) is -4.92. The van der Waals surface area contributed by atoms with E-state index in [9.17, 15) is 21.6 Å². The van der Waals surface area contributed by atoms with Gasteiger partial charge < -0.3 is 5.11 Å². The molecule has 0 aromatic heterocycles. The van der Waals surface area contributed by atoms with Crippen molar-refractivity contribution in [1.29, 1.82) is 0 Å². The van der Waals surface area contributed by atoms with Crippen molar-refractivity contribution in [2.24, 2.45) is 0 Å². The predicted molar refractivity (Wildman–Crippen MR) is 77.5 cm³/mol. The molecule has 0 radical (unpaired) electrons. The second-order valence-corrected chi connectivity index (χ2v) is 6.51. The Kier molecular flexibility index (Phi) is 5.40. The number of benzene rings is 2. The molecule has 0 saturated carbocycles. The molecule has 0 spiro atoms. The molecule has 2 rings (SSSR count). The highest BCUT2D eigenvalue weighted by molar-refractivity contribution is 7.89. The molecule has 2 N–H and O–H groups in total. The highest BCUT2D eigenvalue weighted by Gasteiger charge is 2.24. The van der Waals surface area contributed by atoms with E-state index in [1.54, 1.807) is 30.3 Å². The maximum absolute atomic E-state index is 13.2. The number of aliphatic hydroxyl groups is 1. The molecule has 2 aromatic carbocycles. The molecule has 0 amide bonds. The standard InChI is InChI=1S/C15H14F3NO3S/c16-12-8-11(9-13(17)15(12)18)23(21,22)19-14(6-7-20)10-4-2-1-3-5-10/h1-5,8-9,14,19-20H,6-7H2/t14-/m1/s1. The topological polar surface area (TPSA) is 66.4 Å². The normalized spacial score (nSPS) is 13.0. The fourth-order valence-corrected chi connectivity index (χ4v) is 3.33.